The minimum absolute atomic E-state index is 0.0762. The molecule has 1 aliphatic heterocycles. The van der Waals surface area contributed by atoms with Gasteiger partial charge in [0.15, 0.2) is 0 Å². The number of carboxylic acid groups (broad SMARTS) is 1. The van der Waals surface area contributed by atoms with E-state index in [0.29, 0.717) is 19.2 Å². The SMILES string of the molecule is O=C(O)c1cnc(NC2CCC(Oc3cc(N4CCOCC4)cc4nccnc34)CC2)nc1. The third-order valence-corrected chi connectivity index (χ3v) is 6.10. The molecule has 0 atom stereocenters. The zero-order chi connectivity index (χ0) is 22.6. The van der Waals surface area contributed by atoms with Crippen molar-refractivity contribution in [3.8, 4) is 5.75 Å². The van der Waals surface area contributed by atoms with E-state index < -0.39 is 5.97 Å². The quantitative estimate of drug-likeness (QED) is 0.579. The molecule has 0 unspecified atom stereocenters. The number of fused-ring (bicyclic) bond motifs is 1. The molecule has 2 aromatic heterocycles. The fourth-order valence-electron chi connectivity index (χ4n) is 4.32. The number of carboxylic acids is 1. The van der Waals surface area contributed by atoms with Crippen molar-refractivity contribution in [3.63, 3.8) is 0 Å². The minimum Gasteiger partial charge on any atom is -0.488 e. The van der Waals surface area contributed by atoms with Gasteiger partial charge in [-0.05, 0) is 31.7 Å². The van der Waals surface area contributed by atoms with Crippen molar-refractivity contribution >= 4 is 28.6 Å². The normalized spacial score (nSPS) is 21.0. The third kappa shape index (κ3) is 4.95. The summed E-state index contributed by atoms with van der Waals surface area (Å²) in [6, 6.07) is 4.36. The van der Waals surface area contributed by atoms with Crippen LogP contribution in [0, 0.1) is 0 Å². The fourth-order valence-corrected chi connectivity index (χ4v) is 4.32. The lowest BCUT2D eigenvalue weighted by Gasteiger charge is -2.31. The molecule has 2 N–H and O–H groups in total. The van der Waals surface area contributed by atoms with Crippen molar-refractivity contribution in [1.29, 1.82) is 0 Å². The zero-order valence-corrected chi connectivity index (χ0v) is 18.2. The van der Waals surface area contributed by atoms with E-state index in [2.05, 4.69) is 42.3 Å². The molecular formula is C23H26N6O4. The number of hydrogen-bond donors (Lipinski definition) is 2. The molecule has 10 heteroatoms. The molecule has 3 heterocycles. The molecule has 0 bridgehead atoms. The molecule has 3 aromatic rings. The molecule has 0 radical (unpaired) electrons. The summed E-state index contributed by atoms with van der Waals surface area (Å²) in [6.07, 6.45) is 9.70. The van der Waals surface area contributed by atoms with Crippen LogP contribution in [0.5, 0.6) is 5.75 Å². The first-order valence-electron chi connectivity index (χ1n) is 11.2. The summed E-state index contributed by atoms with van der Waals surface area (Å²) < 4.78 is 11.9. The molecule has 1 aromatic carbocycles. The highest BCUT2D eigenvalue weighted by molar-refractivity contribution is 5.87. The molecule has 172 valence electrons. The van der Waals surface area contributed by atoms with Gasteiger partial charge in [-0.15, -0.1) is 0 Å². The van der Waals surface area contributed by atoms with E-state index in [9.17, 15) is 4.79 Å². The number of aromatic carboxylic acids is 1. The lowest BCUT2D eigenvalue weighted by Crippen LogP contribution is -2.36. The molecule has 0 amide bonds. The van der Waals surface area contributed by atoms with Gasteiger partial charge in [0, 0.05) is 55.7 Å². The summed E-state index contributed by atoms with van der Waals surface area (Å²) in [6.45, 7) is 3.12. The molecule has 2 fully saturated rings. The van der Waals surface area contributed by atoms with Crippen LogP contribution in [-0.4, -0.2) is 69.5 Å². The number of anilines is 2. The Bertz CT molecular complexity index is 1110. The molecule has 1 saturated carbocycles. The standard InChI is InChI=1S/C23H26N6O4/c30-22(31)15-13-26-23(27-14-15)28-16-1-3-18(4-2-16)33-20-12-17(29-7-9-32-10-8-29)11-19-21(20)25-6-5-24-19/h5-6,11-14,16,18H,1-4,7-10H2,(H,30,31)(H,26,27,28). The van der Waals surface area contributed by atoms with Crippen molar-refractivity contribution in [3.05, 3.63) is 42.5 Å². The van der Waals surface area contributed by atoms with Crippen LogP contribution in [-0.2, 0) is 4.74 Å². The Balaban J connectivity index is 1.24. The largest absolute Gasteiger partial charge is 0.488 e. The van der Waals surface area contributed by atoms with Crippen molar-refractivity contribution < 1.29 is 19.4 Å². The number of aromatic nitrogens is 4. The Labute approximate surface area is 191 Å². The van der Waals surface area contributed by atoms with Crippen LogP contribution >= 0.6 is 0 Å². The molecule has 10 nitrogen and oxygen atoms in total. The maximum Gasteiger partial charge on any atom is 0.338 e. The first kappa shape index (κ1) is 21.3. The van der Waals surface area contributed by atoms with Crippen LogP contribution in [0.3, 0.4) is 0 Å². The number of rotatable bonds is 6. The molecular weight excluding hydrogens is 424 g/mol. The predicted molar refractivity (Wildman–Crippen MR) is 122 cm³/mol. The predicted octanol–water partition coefficient (Wildman–Crippen LogP) is 2.76. The number of benzene rings is 1. The van der Waals surface area contributed by atoms with E-state index in [1.54, 1.807) is 12.4 Å². The summed E-state index contributed by atoms with van der Waals surface area (Å²) >= 11 is 0. The zero-order valence-electron chi connectivity index (χ0n) is 18.2. The number of nitrogens with zero attached hydrogens (tertiary/aromatic N) is 5. The lowest BCUT2D eigenvalue weighted by atomic mass is 9.93. The Hall–Kier alpha value is -3.53. The average Bonchev–Trinajstić information content (AvgIpc) is 2.86. The monoisotopic (exact) mass is 450 g/mol. The van der Waals surface area contributed by atoms with Crippen LogP contribution in [0.25, 0.3) is 11.0 Å². The number of carbonyl (C=O) groups is 1. The summed E-state index contributed by atoms with van der Waals surface area (Å²) in [5.41, 5.74) is 2.77. The average molecular weight is 450 g/mol. The Morgan fingerprint density at radius 2 is 1.76 bits per heavy atom. The van der Waals surface area contributed by atoms with E-state index >= 15 is 0 Å². The van der Waals surface area contributed by atoms with E-state index in [-0.39, 0.29) is 17.7 Å². The maximum absolute atomic E-state index is 11.0. The molecule has 1 saturated heterocycles. The molecule has 0 spiro atoms. The van der Waals surface area contributed by atoms with Gasteiger partial charge >= 0.3 is 5.97 Å². The van der Waals surface area contributed by atoms with Crippen molar-refractivity contribution in [2.24, 2.45) is 0 Å². The second-order valence-corrected chi connectivity index (χ2v) is 8.30. The van der Waals surface area contributed by atoms with Crippen LogP contribution in [0.2, 0.25) is 0 Å². The van der Waals surface area contributed by atoms with Gasteiger partial charge in [0.25, 0.3) is 0 Å². The highest BCUT2D eigenvalue weighted by atomic mass is 16.5. The van der Waals surface area contributed by atoms with Crippen molar-refractivity contribution in [2.45, 2.75) is 37.8 Å². The third-order valence-electron chi connectivity index (χ3n) is 6.10. The van der Waals surface area contributed by atoms with Crippen LogP contribution < -0.4 is 15.0 Å². The van der Waals surface area contributed by atoms with E-state index in [0.717, 1.165) is 61.2 Å². The topological polar surface area (TPSA) is 123 Å². The second kappa shape index (κ2) is 9.53. The van der Waals surface area contributed by atoms with Gasteiger partial charge in [-0.3, -0.25) is 4.98 Å². The van der Waals surface area contributed by atoms with Crippen molar-refractivity contribution in [1.82, 2.24) is 19.9 Å². The Kier molecular flexibility index (Phi) is 6.16. The molecule has 33 heavy (non-hydrogen) atoms. The van der Waals surface area contributed by atoms with E-state index in [4.69, 9.17) is 14.6 Å². The summed E-state index contributed by atoms with van der Waals surface area (Å²) in [5, 5.41) is 12.3. The van der Waals surface area contributed by atoms with Crippen LogP contribution in [0.15, 0.2) is 36.9 Å². The first-order valence-corrected chi connectivity index (χ1v) is 11.2. The summed E-state index contributed by atoms with van der Waals surface area (Å²) in [5.74, 6) is 0.184. The van der Waals surface area contributed by atoms with Gasteiger partial charge < -0.3 is 24.8 Å². The molecule has 2 aliphatic rings. The van der Waals surface area contributed by atoms with Gasteiger partial charge in [0.2, 0.25) is 5.95 Å². The Morgan fingerprint density at radius 3 is 2.48 bits per heavy atom. The first-order chi connectivity index (χ1) is 16.2. The van der Waals surface area contributed by atoms with Gasteiger partial charge in [-0.25, -0.2) is 19.7 Å². The van der Waals surface area contributed by atoms with Gasteiger partial charge in [-0.2, -0.15) is 0 Å². The maximum atomic E-state index is 11.0. The highest BCUT2D eigenvalue weighted by Gasteiger charge is 2.24. The fraction of sp³-hybridized carbons (Fsp3) is 0.435. The molecule has 1 aliphatic carbocycles. The number of morpholine rings is 1. The number of hydrogen-bond acceptors (Lipinski definition) is 9. The minimum atomic E-state index is -1.03. The smallest absolute Gasteiger partial charge is 0.338 e. The lowest BCUT2D eigenvalue weighted by molar-refractivity contribution is 0.0696. The number of nitrogens with one attached hydrogen (secondary N) is 1. The van der Waals surface area contributed by atoms with E-state index in [1.165, 1.54) is 12.4 Å². The second-order valence-electron chi connectivity index (χ2n) is 8.30. The van der Waals surface area contributed by atoms with Gasteiger partial charge in [0.1, 0.15) is 11.3 Å². The van der Waals surface area contributed by atoms with Crippen molar-refractivity contribution in [2.75, 3.05) is 36.5 Å². The molecule has 5 rings (SSSR count). The van der Waals surface area contributed by atoms with Gasteiger partial charge in [0.05, 0.1) is 30.4 Å². The van der Waals surface area contributed by atoms with Crippen LogP contribution in [0.1, 0.15) is 36.0 Å². The summed E-state index contributed by atoms with van der Waals surface area (Å²) in [4.78, 5) is 30.5. The highest BCUT2D eigenvalue weighted by Crippen LogP contribution is 2.33. The van der Waals surface area contributed by atoms with E-state index in [1.807, 2.05) is 0 Å². The Morgan fingerprint density at radius 1 is 1.03 bits per heavy atom. The summed E-state index contributed by atoms with van der Waals surface area (Å²) in [7, 11) is 0. The van der Waals surface area contributed by atoms with Gasteiger partial charge in [-0.1, -0.05) is 0 Å². The van der Waals surface area contributed by atoms with Crippen LogP contribution in [0.4, 0.5) is 11.6 Å². The number of ether oxygens (including phenoxy) is 2.